The van der Waals surface area contributed by atoms with Crippen molar-refractivity contribution in [1.29, 1.82) is 0 Å². The van der Waals surface area contributed by atoms with Crippen LogP contribution in [-0.4, -0.2) is 40.0 Å². The Kier molecular flexibility index (Phi) is 4.77. The number of hydrogen-bond donors (Lipinski definition) is 0. The molecule has 0 unspecified atom stereocenters. The number of aryl methyl sites for hydroxylation is 2. The Morgan fingerprint density at radius 3 is 2.43 bits per heavy atom. The van der Waals surface area contributed by atoms with Crippen LogP contribution in [0.1, 0.15) is 23.9 Å². The maximum atomic E-state index is 5.27. The molecule has 0 aliphatic rings. The summed E-state index contributed by atoms with van der Waals surface area (Å²) in [6, 6.07) is 14.4. The van der Waals surface area contributed by atoms with Crippen LogP contribution in [0.25, 0.3) is 27.9 Å². The largest absolute Gasteiger partial charge is 0.497 e. The number of ether oxygens (including phenoxy) is 1. The number of nitrogens with zero attached hydrogens (tertiary/aromatic N) is 4. The van der Waals surface area contributed by atoms with Crippen LogP contribution in [-0.2, 0) is 6.54 Å². The van der Waals surface area contributed by atoms with Crippen molar-refractivity contribution in [2.24, 2.45) is 0 Å². The van der Waals surface area contributed by atoms with Crippen molar-refractivity contribution in [2.45, 2.75) is 27.3 Å². The molecule has 28 heavy (non-hydrogen) atoms. The van der Waals surface area contributed by atoms with E-state index >= 15 is 0 Å². The molecular weight excluding hydrogens is 348 g/mol. The molecule has 4 rings (SSSR count). The number of imidazole rings is 1. The lowest BCUT2D eigenvalue weighted by Gasteiger charge is -2.15. The lowest BCUT2D eigenvalue weighted by atomic mass is 10.1. The Balaban J connectivity index is 1.95. The van der Waals surface area contributed by atoms with E-state index in [1.165, 1.54) is 11.3 Å². The Hall–Kier alpha value is -2.92. The molecule has 0 aliphatic carbocycles. The summed E-state index contributed by atoms with van der Waals surface area (Å²) in [5.74, 6) is 0.845. The van der Waals surface area contributed by atoms with Gasteiger partial charge in [-0.05, 0) is 75.5 Å². The van der Waals surface area contributed by atoms with Crippen molar-refractivity contribution in [3.05, 3.63) is 59.4 Å². The summed E-state index contributed by atoms with van der Waals surface area (Å²) < 4.78 is 7.51. The minimum atomic E-state index is 0.844. The summed E-state index contributed by atoms with van der Waals surface area (Å²) in [5, 5.41) is 1.13. The third kappa shape index (κ3) is 3.12. The first-order valence-corrected chi connectivity index (χ1v) is 9.63. The van der Waals surface area contributed by atoms with E-state index in [-0.39, 0.29) is 0 Å². The standard InChI is InChI=1S/C23H26N4O/c1-6-26(4)14-21-16(3)24-22-15(2)13-18-9-12-20(25-23(18)27(21)22)17-7-10-19(28-5)11-8-17/h7-13H,6,14H2,1-5H3. The zero-order chi connectivity index (χ0) is 19.8. The lowest BCUT2D eigenvalue weighted by Crippen LogP contribution is -2.18. The summed E-state index contributed by atoms with van der Waals surface area (Å²) >= 11 is 0. The first-order chi connectivity index (χ1) is 13.5. The van der Waals surface area contributed by atoms with Crippen LogP contribution in [0.3, 0.4) is 0 Å². The molecule has 3 aromatic heterocycles. The Labute approximate surface area is 165 Å². The molecule has 0 fully saturated rings. The Morgan fingerprint density at radius 1 is 1.00 bits per heavy atom. The molecule has 0 saturated heterocycles. The van der Waals surface area contributed by atoms with Crippen LogP contribution in [0.15, 0.2) is 42.5 Å². The van der Waals surface area contributed by atoms with Gasteiger partial charge in [0.15, 0.2) is 0 Å². The van der Waals surface area contributed by atoms with Crippen LogP contribution >= 0.6 is 0 Å². The predicted molar refractivity (Wildman–Crippen MR) is 114 cm³/mol. The van der Waals surface area contributed by atoms with Crippen LogP contribution in [0.5, 0.6) is 5.75 Å². The van der Waals surface area contributed by atoms with E-state index < -0.39 is 0 Å². The predicted octanol–water partition coefficient (Wildman–Crippen LogP) is 4.63. The van der Waals surface area contributed by atoms with Gasteiger partial charge in [-0.3, -0.25) is 4.40 Å². The molecule has 1 aromatic carbocycles. The monoisotopic (exact) mass is 374 g/mol. The maximum Gasteiger partial charge on any atom is 0.146 e. The third-order valence-corrected chi connectivity index (χ3v) is 5.36. The van der Waals surface area contributed by atoms with Crippen molar-refractivity contribution in [3.63, 3.8) is 0 Å². The molecule has 0 amide bonds. The number of methoxy groups -OCH3 is 1. The molecule has 5 nitrogen and oxygen atoms in total. The fourth-order valence-corrected chi connectivity index (χ4v) is 3.58. The number of aromatic nitrogens is 3. The highest BCUT2D eigenvalue weighted by Gasteiger charge is 2.16. The van der Waals surface area contributed by atoms with E-state index in [0.717, 1.165) is 52.5 Å². The maximum absolute atomic E-state index is 5.27. The van der Waals surface area contributed by atoms with E-state index in [4.69, 9.17) is 14.7 Å². The summed E-state index contributed by atoms with van der Waals surface area (Å²) in [5.41, 5.74) is 7.39. The molecule has 0 bridgehead atoms. The van der Waals surface area contributed by atoms with Crippen LogP contribution < -0.4 is 4.74 Å². The van der Waals surface area contributed by atoms with Gasteiger partial charge in [0.05, 0.1) is 24.2 Å². The highest BCUT2D eigenvalue weighted by Crippen LogP contribution is 2.27. The van der Waals surface area contributed by atoms with E-state index in [9.17, 15) is 0 Å². The normalized spacial score (nSPS) is 11.6. The average Bonchev–Trinajstić information content (AvgIpc) is 3.05. The average molecular weight is 374 g/mol. The summed E-state index contributed by atoms with van der Waals surface area (Å²) in [4.78, 5) is 12.2. The number of rotatable bonds is 5. The molecule has 5 heteroatoms. The van der Waals surface area contributed by atoms with Crippen LogP contribution in [0.2, 0.25) is 0 Å². The fraction of sp³-hybridized carbons (Fsp3) is 0.304. The molecule has 3 heterocycles. The molecule has 0 atom stereocenters. The molecule has 0 saturated carbocycles. The zero-order valence-electron chi connectivity index (χ0n) is 17.2. The van der Waals surface area contributed by atoms with Gasteiger partial charge in [-0.2, -0.15) is 0 Å². The van der Waals surface area contributed by atoms with Gasteiger partial charge in [-0.1, -0.05) is 6.92 Å². The number of pyridine rings is 2. The molecule has 0 spiro atoms. The smallest absolute Gasteiger partial charge is 0.146 e. The minimum Gasteiger partial charge on any atom is -0.497 e. The van der Waals surface area contributed by atoms with E-state index in [1.54, 1.807) is 7.11 Å². The molecule has 4 aromatic rings. The second kappa shape index (κ2) is 7.24. The second-order valence-corrected chi connectivity index (χ2v) is 7.30. The van der Waals surface area contributed by atoms with Crippen LogP contribution in [0.4, 0.5) is 0 Å². The SMILES string of the molecule is CCN(C)Cc1c(C)nc2c(C)cc3ccc(-c4ccc(OC)cc4)nc3n12. The number of fused-ring (bicyclic) bond motifs is 3. The lowest BCUT2D eigenvalue weighted by molar-refractivity contribution is 0.340. The molecular formula is C23H26N4O. The van der Waals surface area contributed by atoms with Gasteiger partial charge >= 0.3 is 0 Å². The van der Waals surface area contributed by atoms with Crippen molar-refractivity contribution in [3.8, 4) is 17.0 Å². The number of benzene rings is 1. The topological polar surface area (TPSA) is 42.7 Å². The van der Waals surface area contributed by atoms with Gasteiger partial charge < -0.3 is 9.64 Å². The van der Waals surface area contributed by atoms with E-state index in [0.29, 0.717) is 0 Å². The summed E-state index contributed by atoms with van der Waals surface area (Å²) in [6.45, 7) is 8.20. The first-order valence-electron chi connectivity index (χ1n) is 9.63. The zero-order valence-corrected chi connectivity index (χ0v) is 17.2. The summed E-state index contributed by atoms with van der Waals surface area (Å²) in [6.07, 6.45) is 0. The quantitative estimate of drug-likeness (QED) is 0.511. The molecule has 144 valence electrons. The Bertz CT molecular complexity index is 1150. The van der Waals surface area contributed by atoms with Gasteiger partial charge in [-0.25, -0.2) is 9.97 Å². The highest BCUT2D eigenvalue weighted by molar-refractivity contribution is 5.83. The van der Waals surface area contributed by atoms with Gasteiger partial charge in [0.25, 0.3) is 0 Å². The Morgan fingerprint density at radius 2 is 1.75 bits per heavy atom. The summed E-state index contributed by atoms with van der Waals surface area (Å²) in [7, 11) is 3.81. The van der Waals surface area contributed by atoms with Gasteiger partial charge in [0.1, 0.15) is 17.0 Å². The van der Waals surface area contributed by atoms with Crippen molar-refractivity contribution < 1.29 is 4.74 Å². The molecule has 0 aliphatic heterocycles. The van der Waals surface area contributed by atoms with Gasteiger partial charge in [0.2, 0.25) is 0 Å². The van der Waals surface area contributed by atoms with Gasteiger partial charge in [-0.15, -0.1) is 0 Å². The third-order valence-electron chi connectivity index (χ3n) is 5.36. The second-order valence-electron chi connectivity index (χ2n) is 7.30. The fourth-order valence-electron chi connectivity index (χ4n) is 3.58. The molecule has 0 N–H and O–H groups in total. The molecule has 0 radical (unpaired) electrons. The van der Waals surface area contributed by atoms with Crippen LogP contribution in [0, 0.1) is 13.8 Å². The highest BCUT2D eigenvalue weighted by atomic mass is 16.5. The van der Waals surface area contributed by atoms with Crippen molar-refractivity contribution in [2.75, 3.05) is 20.7 Å². The number of hydrogen-bond acceptors (Lipinski definition) is 4. The van der Waals surface area contributed by atoms with E-state index in [2.05, 4.69) is 55.3 Å². The minimum absolute atomic E-state index is 0.844. The van der Waals surface area contributed by atoms with Crippen molar-refractivity contribution in [1.82, 2.24) is 19.3 Å². The van der Waals surface area contributed by atoms with Crippen molar-refractivity contribution >= 4 is 16.7 Å². The van der Waals surface area contributed by atoms with E-state index in [1.807, 2.05) is 24.3 Å². The van der Waals surface area contributed by atoms with Gasteiger partial charge in [0, 0.05) is 17.5 Å². The first kappa shape index (κ1) is 18.4.